The van der Waals surface area contributed by atoms with Crippen molar-refractivity contribution in [3.05, 3.63) is 77.9 Å². The lowest BCUT2D eigenvalue weighted by atomic mass is 10.1. The first kappa shape index (κ1) is 13.6. The Morgan fingerprint density at radius 3 is 2.43 bits per heavy atom. The van der Waals surface area contributed by atoms with E-state index in [1.165, 1.54) is 6.07 Å². The van der Waals surface area contributed by atoms with Gasteiger partial charge in [0.15, 0.2) is 11.6 Å². The highest BCUT2D eigenvalue weighted by Crippen LogP contribution is 2.25. The Morgan fingerprint density at radius 1 is 0.857 bits per heavy atom. The number of anilines is 1. The molecule has 0 heterocycles. The van der Waals surface area contributed by atoms with Gasteiger partial charge in [0.25, 0.3) is 0 Å². The minimum absolute atomic E-state index is 0.318. The van der Waals surface area contributed by atoms with Crippen molar-refractivity contribution in [3.8, 4) is 0 Å². The van der Waals surface area contributed by atoms with Crippen molar-refractivity contribution < 1.29 is 8.78 Å². The van der Waals surface area contributed by atoms with E-state index in [1.807, 2.05) is 49.4 Å². The molecule has 0 saturated carbocycles. The Labute approximate surface area is 122 Å². The lowest BCUT2D eigenvalue weighted by Gasteiger charge is -2.17. The minimum atomic E-state index is -0.820. The van der Waals surface area contributed by atoms with Gasteiger partial charge in [-0.05, 0) is 35.9 Å². The standard InChI is InChI=1S/C18H15F2N/c1-12(16-7-4-8-17(19)18(16)20)21-15-10-9-13-5-2-3-6-14(13)11-15/h2-12,21H,1H3. The van der Waals surface area contributed by atoms with Gasteiger partial charge >= 0.3 is 0 Å². The average Bonchev–Trinajstić information content (AvgIpc) is 2.50. The maximum Gasteiger partial charge on any atom is 0.164 e. The van der Waals surface area contributed by atoms with Crippen LogP contribution in [-0.4, -0.2) is 0 Å². The van der Waals surface area contributed by atoms with Crippen LogP contribution in [0.25, 0.3) is 10.8 Å². The van der Waals surface area contributed by atoms with Gasteiger partial charge in [0.05, 0.1) is 6.04 Å². The van der Waals surface area contributed by atoms with Gasteiger partial charge in [-0.15, -0.1) is 0 Å². The molecule has 0 radical (unpaired) electrons. The first-order chi connectivity index (χ1) is 10.1. The van der Waals surface area contributed by atoms with E-state index in [4.69, 9.17) is 0 Å². The van der Waals surface area contributed by atoms with Gasteiger partial charge in [0.2, 0.25) is 0 Å². The smallest absolute Gasteiger partial charge is 0.164 e. The van der Waals surface area contributed by atoms with Crippen LogP contribution < -0.4 is 5.32 Å². The van der Waals surface area contributed by atoms with Gasteiger partial charge in [0, 0.05) is 11.3 Å². The number of benzene rings is 3. The molecule has 106 valence electrons. The van der Waals surface area contributed by atoms with Crippen molar-refractivity contribution in [2.75, 3.05) is 5.32 Å². The van der Waals surface area contributed by atoms with Crippen molar-refractivity contribution in [2.24, 2.45) is 0 Å². The molecule has 0 fully saturated rings. The van der Waals surface area contributed by atoms with Crippen LogP contribution in [0.1, 0.15) is 18.5 Å². The highest BCUT2D eigenvalue weighted by Gasteiger charge is 2.14. The molecule has 0 spiro atoms. The third kappa shape index (κ3) is 2.72. The Hall–Kier alpha value is -2.42. The first-order valence-electron chi connectivity index (χ1n) is 6.84. The van der Waals surface area contributed by atoms with Crippen LogP contribution in [0.5, 0.6) is 0 Å². The molecule has 1 unspecified atom stereocenters. The van der Waals surface area contributed by atoms with Crippen LogP contribution in [-0.2, 0) is 0 Å². The van der Waals surface area contributed by atoms with E-state index in [9.17, 15) is 8.78 Å². The fourth-order valence-electron chi connectivity index (χ4n) is 2.46. The molecule has 0 aromatic heterocycles. The zero-order valence-corrected chi connectivity index (χ0v) is 11.6. The number of rotatable bonds is 3. The van der Waals surface area contributed by atoms with E-state index >= 15 is 0 Å². The molecule has 3 aromatic carbocycles. The SMILES string of the molecule is CC(Nc1ccc2ccccc2c1)c1cccc(F)c1F. The molecule has 0 aliphatic rings. The van der Waals surface area contributed by atoms with Gasteiger partial charge in [-0.2, -0.15) is 0 Å². The Bertz CT molecular complexity index is 783. The van der Waals surface area contributed by atoms with Crippen LogP contribution in [0.3, 0.4) is 0 Å². The third-order valence-electron chi connectivity index (χ3n) is 3.58. The molecule has 1 N–H and O–H groups in total. The van der Waals surface area contributed by atoms with Crippen LogP contribution in [0.2, 0.25) is 0 Å². The second-order valence-electron chi connectivity index (χ2n) is 5.07. The summed E-state index contributed by atoms with van der Waals surface area (Å²) in [6.07, 6.45) is 0. The van der Waals surface area contributed by atoms with Crippen molar-refractivity contribution >= 4 is 16.5 Å². The lowest BCUT2D eigenvalue weighted by molar-refractivity contribution is 0.494. The fraction of sp³-hybridized carbons (Fsp3) is 0.111. The number of hydrogen-bond acceptors (Lipinski definition) is 1. The molecule has 0 saturated heterocycles. The number of nitrogens with one attached hydrogen (secondary N) is 1. The van der Waals surface area contributed by atoms with Crippen LogP contribution in [0, 0.1) is 11.6 Å². The number of fused-ring (bicyclic) bond motifs is 1. The maximum atomic E-state index is 13.8. The number of hydrogen-bond donors (Lipinski definition) is 1. The van der Waals surface area contributed by atoms with Crippen molar-refractivity contribution in [1.82, 2.24) is 0 Å². The highest BCUT2D eigenvalue weighted by atomic mass is 19.2. The average molecular weight is 283 g/mol. The van der Waals surface area contributed by atoms with Gasteiger partial charge in [-0.3, -0.25) is 0 Å². The molecule has 0 amide bonds. The molecule has 3 rings (SSSR count). The van der Waals surface area contributed by atoms with Gasteiger partial charge in [-0.1, -0.05) is 42.5 Å². The second kappa shape index (κ2) is 5.52. The molecule has 1 nitrogen and oxygen atoms in total. The van der Waals surface area contributed by atoms with Crippen LogP contribution in [0.4, 0.5) is 14.5 Å². The first-order valence-corrected chi connectivity index (χ1v) is 6.84. The predicted molar refractivity (Wildman–Crippen MR) is 82.3 cm³/mol. The summed E-state index contributed by atoms with van der Waals surface area (Å²) in [5, 5.41) is 5.46. The molecule has 21 heavy (non-hydrogen) atoms. The molecular weight excluding hydrogens is 268 g/mol. The quantitative estimate of drug-likeness (QED) is 0.688. The van der Waals surface area contributed by atoms with Gasteiger partial charge in [-0.25, -0.2) is 8.78 Å². The summed E-state index contributed by atoms with van der Waals surface area (Å²) in [6.45, 7) is 1.81. The summed E-state index contributed by atoms with van der Waals surface area (Å²) in [6, 6.07) is 17.9. The fourth-order valence-corrected chi connectivity index (χ4v) is 2.46. The van der Waals surface area contributed by atoms with Crippen LogP contribution >= 0.6 is 0 Å². The normalized spacial score (nSPS) is 12.3. The highest BCUT2D eigenvalue weighted by molar-refractivity contribution is 5.85. The molecule has 0 aliphatic heterocycles. The van der Waals surface area contributed by atoms with E-state index in [0.29, 0.717) is 5.56 Å². The topological polar surface area (TPSA) is 12.0 Å². The molecule has 3 heteroatoms. The van der Waals surface area contributed by atoms with Crippen molar-refractivity contribution in [1.29, 1.82) is 0 Å². The van der Waals surface area contributed by atoms with E-state index in [0.717, 1.165) is 22.5 Å². The van der Waals surface area contributed by atoms with E-state index in [-0.39, 0.29) is 6.04 Å². The Kier molecular flexibility index (Phi) is 3.57. The third-order valence-corrected chi connectivity index (χ3v) is 3.58. The molecular formula is C18H15F2N. The second-order valence-corrected chi connectivity index (χ2v) is 5.07. The van der Waals surface area contributed by atoms with Crippen molar-refractivity contribution in [3.63, 3.8) is 0 Å². The molecule has 0 aliphatic carbocycles. The van der Waals surface area contributed by atoms with E-state index in [1.54, 1.807) is 6.07 Å². The Balaban J connectivity index is 1.89. The van der Waals surface area contributed by atoms with E-state index < -0.39 is 11.6 Å². The lowest BCUT2D eigenvalue weighted by Crippen LogP contribution is -2.09. The minimum Gasteiger partial charge on any atom is -0.378 e. The van der Waals surface area contributed by atoms with Crippen molar-refractivity contribution in [2.45, 2.75) is 13.0 Å². The Morgan fingerprint density at radius 2 is 1.62 bits per heavy atom. The maximum absolute atomic E-state index is 13.8. The monoisotopic (exact) mass is 283 g/mol. The molecule has 1 atom stereocenters. The largest absolute Gasteiger partial charge is 0.378 e. The summed E-state index contributed by atoms with van der Waals surface area (Å²) < 4.78 is 27.1. The zero-order chi connectivity index (χ0) is 14.8. The van der Waals surface area contributed by atoms with Gasteiger partial charge < -0.3 is 5.32 Å². The summed E-state index contributed by atoms with van der Waals surface area (Å²) >= 11 is 0. The van der Waals surface area contributed by atoms with E-state index in [2.05, 4.69) is 5.32 Å². The van der Waals surface area contributed by atoms with Crippen LogP contribution in [0.15, 0.2) is 60.7 Å². The molecule has 3 aromatic rings. The number of halogens is 2. The zero-order valence-electron chi connectivity index (χ0n) is 11.6. The summed E-state index contributed by atoms with van der Waals surface area (Å²) in [5.74, 6) is -1.61. The molecule has 0 bridgehead atoms. The summed E-state index contributed by atoms with van der Waals surface area (Å²) in [7, 11) is 0. The van der Waals surface area contributed by atoms with Gasteiger partial charge in [0.1, 0.15) is 0 Å². The predicted octanol–water partition coefficient (Wildman–Crippen LogP) is 5.29. The summed E-state index contributed by atoms with van der Waals surface area (Å²) in [5.41, 5.74) is 1.20. The summed E-state index contributed by atoms with van der Waals surface area (Å²) in [4.78, 5) is 0.